The maximum atomic E-state index is 8.19. The second-order valence-corrected chi connectivity index (χ2v) is 0. The molecule has 27 valence electrons. The van der Waals surface area contributed by atoms with Gasteiger partial charge in [0.25, 0.3) is 0 Å². The van der Waals surface area contributed by atoms with Crippen LogP contribution in [0.25, 0.3) is 0 Å². The topological polar surface area (TPSA) is 17.1 Å². The number of hydrogen-bond donors (Lipinski definition) is 0. The van der Waals surface area contributed by atoms with E-state index < -0.39 is 0 Å². The monoisotopic (exact) mass is 107 g/mol. The van der Waals surface area contributed by atoms with Crippen LogP contribution in [-0.2, 0) is 21.0 Å². The van der Waals surface area contributed by atoms with Gasteiger partial charge in [0.15, 0.2) is 0 Å². The number of halogens is 2. The Morgan fingerprint density at radius 3 is 1.00 bits per heavy atom. The van der Waals surface area contributed by atoms with Crippen molar-refractivity contribution in [1.29, 1.82) is 0 Å². The predicted octanol–water partition coefficient (Wildman–Crippen LogP) is 0.184. The van der Waals surface area contributed by atoms with Crippen LogP contribution in [0, 0.1) is 0 Å². The van der Waals surface area contributed by atoms with Crippen LogP contribution in [0.4, 0.5) is 9.41 Å². The molecule has 0 radical (unpaired) electrons. The van der Waals surface area contributed by atoms with Crippen LogP contribution in [-0.4, -0.2) is 0 Å². The Balaban J connectivity index is -0.00000000500. The van der Waals surface area contributed by atoms with Gasteiger partial charge >= 0.3 is 21.0 Å². The van der Waals surface area contributed by atoms with Crippen molar-refractivity contribution < 1.29 is 30.5 Å². The summed E-state index contributed by atoms with van der Waals surface area (Å²) in [5.41, 5.74) is 0. The van der Waals surface area contributed by atoms with Crippen LogP contribution in [0.3, 0.4) is 0 Å². The zero-order valence-electron chi connectivity index (χ0n) is 1.67. The molecular formula is H2F2OV. The molecular weight excluding hydrogens is 105 g/mol. The van der Waals surface area contributed by atoms with Crippen molar-refractivity contribution in [2.24, 2.45) is 0 Å². The summed E-state index contributed by atoms with van der Waals surface area (Å²) < 4.78 is 8.19. The molecule has 0 saturated carbocycles. The van der Waals surface area contributed by atoms with Crippen molar-refractivity contribution in [3.05, 3.63) is 0 Å². The summed E-state index contributed by atoms with van der Waals surface area (Å²) in [7, 11) is 0. The van der Waals surface area contributed by atoms with E-state index in [-0.39, 0.29) is 9.41 Å². The molecule has 0 aliphatic rings. The van der Waals surface area contributed by atoms with Crippen LogP contribution in [0.2, 0.25) is 0 Å². The third-order valence-corrected chi connectivity index (χ3v) is 0. The minimum absolute atomic E-state index is 0. The Hall–Kier alpha value is 0.244. The van der Waals surface area contributed by atoms with E-state index in [4.69, 9.17) is 3.67 Å². The van der Waals surface area contributed by atoms with Crippen LogP contribution in [0.1, 0.15) is 0 Å². The zero-order valence-corrected chi connectivity index (χ0v) is 3.07. The average Bonchev–Trinajstić information content (AvgIpc) is 1.00. The predicted molar refractivity (Wildman–Crippen MR) is 5.69 cm³/mol. The van der Waals surface area contributed by atoms with Gasteiger partial charge in [-0.15, -0.1) is 0 Å². The number of rotatable bonds is 0. The molecule has 0 aliphatic carbocycles. The molecule has 0 saturated heterocycles. The molecule has 0 N–H and O–H groups in total. The quantitative estimate of drug-likeness (QED) is 0.431. The van der Waals surface area contributed by atoms with Gasteiger partial charge in [0.1, 0.15) is 0 Å². The van der Waals surface area contributed by atoms with E-state index in [0.717, 1.165) is 17.4 Å². The molecule has 4 heteroatoms. The van der Waals surface area contributed by atoms with Crippen molar-refractivity contribution in [3.63, 3.8) is 0 Å². The second-order valence-electron chi connectivity index (χ2n) is 0. The molecule has 0 aliphatic heterocycles. The normalized spacial score (nSPS) is 0.750. The van der Waals surface area contributed by atoms with Gasteiger partial charge in [-0.2, -0.15) is 0 Å². The van der Waals surface area contributed by atoms with E-state index in [2.05, 4.69) is 0 Å². The van der Waals surface area contributed by atoms with Gasteiger partial charge in [0.2, 0.25) is 0 Å². The first-order valence-corrected chi connectivity index (χ1v) is 0.753. The fraction of sp³-hybridized carbons (Fsp3) is 0. The standard InChI is InChI=1S/2FH.O.V/h2*1H;;. The first kappa shape index (κ1) is 28.9. The van der Waals surface area contributed by atoms with Gasteiger partial charge in [-0.05, 0) is 0 Å². The Morgan fingerprint density at radius 1 is 1.00 bits per heavy atom. The first-order chi connectivity index (χ1) is 1.00. The van der Waals surface area contributed by atoms with Crippen LogP contribution < -0.4 is 0 Å². The fourth-order valence-corrected chi connectivity index (χ4v) is 0. The van der Waals surface area contributed by atoms with Gasteiger partial charge in [-0.3, -0.25) is 9.41 Å². The molecule has 0 amide bonds. The van der Waals surface area contributed by atoms with Gasteiger partial charge in [0, 0.05) is 0 Å². The number of hydrogen-bond acceptors (Lipinski definition) is 1. The summed E-state index contributed by atoms with van der Waals surface area (Å²) in [6.07, 6.45) is 0. The third-order valence-electron chi connectivity index (χ3n) is 0. The molecule has 0 unspecified atom stereocenters. The molecule has 0 aromatic heterocycles. The van der Waals surface area contributed by atoms with Crippen LogP contribution >= 0.6 is 0 Å². The molecule has 0 spiro atoms. The molecule has 0 fully saturated rings. The SMILES string of the molecule is F.F.[O]=[V]. The Kier molecular flexibility index (Phi) is 1970. The summed E-state index contributed by atoms with van der Waals surface area (Å²) in [5.74, 6) is 0. The summed E-state index contributed by atoms with van der Waals surface area (Å²) in [6.45, 7) is 0. The van der Waals surface area contributed by atoms with Crippen molar-refractivity contribution >= 4 is 0 Å². The van der Waals surface area contributed by atoms with Gasteiger partial charge in [-0.1, -0.05) is 0 Å². The Morgan fingerprint density at radius 2 is 1.00 bits per heavy atom. The van der Waals surface area contributed by atoms with E-state index in [1.807, 2.05) is 0 Å². The Labute approximate surface area is 31.3 Å². The van der Waals surface area contributed by atoms with E-state index in [1.165, 1.54) is 0 Å². The molecule has 0 aromatic rings. The summed E-state index contributed by atoms with van der Waals surface area (Å²) >= 11 is 1.06. The van der Waals surface area contributed by atoms with Crippen molar-refractivity contribution in [1.82, 2.24) is 0 Å². The Bertz CT molecular complexity index is 6.00. The van der Waals surface area contributed by atoms with Crippen LogP contribution in [0.5, 0.6) is 0 Å². The molecule has 4 heavy (non-hydrogen) atoms. The molecule has 1 nitrogen and oxygen atoms in total. The third kappa shape index (κ3) is 58.2. The average molecular weight is 107 g/mol. The van der Waals surface area contributed by atoms with Crippen molar-refractivity contribution in [2.45, 2.75) is 0 Å². The molecule has 0 atom stereocenters. The van der Waals surface area contributed by atoms with Crippen LogP contribution in [0.15, 0.2) is 0 Å². The summed E-state index contributed by atoms with van der Waals surface area (Å²) in [5, 5.41) is 0. The van der Waals surface area contributed by atoms with E-state index in [1.54, 1.807) is 0 Å². The molecule has 0 bridgehead atoms. The van der Waals surface area contributed by atoms with E-state index >= 15 is 0 Å². The molecule has 0 aromatic carbocycles. The summed E-state index contributed by atoms with van der Waals surface area (Å²) in [4.78, 5) is 0. The van der Waals surface area contributed by atoms with Crippen molar-refractivity contribution in [2.75, 3.05) is 0 Å². The minimum atomic E-state index is 0. The van der Waals surface area contributed by atoms with E-state index in [9.17, 15) is 0 Å². The second kappa shape index (κ2) is 274. The maximum absolute atomic E-state index is 8.19. The van der Waals surface area contributed by atoms with E-state index in [0.29, 0.717) is 0 Å². The van der Waals surface area contributed by atoms with Crippen molar-refractivity contribution in [3.8, 4) is 0 Å². The molecule has 0 heterocycles. The van der Waals surface area contributed by atoms with Gasteiger partial charge < -0.3 is 0 Å². The fourth-order valence-electron chi connectivity index (χ4n) is 0. The van der Waals surface area contributed by atoms with Gasteiger partial charge in [0.05, 0.1) is 0 Å². The molecule has 0 rings (SSSR count). The zero-order chi connectivity index (χ0) is 2.00. The first-order valence-electron chi connectivity index (χ1n) is 0.183. The summed E-state index contributed by atoms with van der Waals surface area (Å²) in [6, 6.07) is 0. The van der Waals surface area contributed by atoms with Gasteiger partial charge in [-0.25, -0.2) is 0 Å².